The second kappa shape index (κ2) is 5.36. The number of rotatable bonds is 3. The van der Waals surface area contributed by atoms with Crippen molar-refractivity contribution in [2.45, 2.75) is 52.5 Å². The summed E-state index contributed by atoms with van der Waals surface area (Å²) in [7, 11) is 3.15. The molecular formula is C17H25N5O2. The second-order valence-electron chi connectivity index (χ2n) is 7.43. The van der Waals surface area contributed by atoms with Gasteiger partial charge in [0, 0.05) is 37.9 Å². The third kappa shape index (κ3) is 2.22. The van der Waals surface area contributed by atoms with Gasteiger partial charge in [-0.25, -0.2) is 4.79 Å². The van der Waals surface area contributed by atoms with Crippen molar-refractivity contribution in [3.8, 4) is 0 Å². The summed E-state index contributed by atoms with van der Waals surface area (Å²) >= 11 is 0. The van der Waals surface area contributed by atoms with Crippen LogP contribution >= 0.6 is 0 Å². The van der Waals surface area contributed by atoms with Gasteiger partial charge in [0.25, 0.3) is 5.56 Å². The highest BCUT2D eigenvalue weighted by Gasteiger charge is 2.25. The van der Waals surface area contributed by atoms with Crippen LogP contribution in [0.2, 0.25) is 0 Å². The van der Waals surface area contributed by atoms with E-state index in [1.165, 1.54) is 11.6 Å². The molecule has 3 aromatic heterocycles. The summed E-state index contributed by atoms with van der Waals surface area (Å²) in [5.41, 5.74) is 1.29. The quantitative estimate of drug-likeness (QED) is 0.735. The van der Waals surface area contributed by atoms with Crippen LogP contribution in [0.15, 0.2) is 15.8 Å². The molecule has 130 valence electrons. The van der Waals surface area contributed by atoms with Gasteiger partial charge in [0.1, 0.15) is 0 Å². The number of nitrogens with zero attached hydrogens (tertiary/aromatic N) is 5. The smallest absolute Gasteiger partial charge is 0.313 e. The van der Waals surface area contributed by atoms with Crippen molar-refractivity contribution in [2.24, 2.45) is 14.1 Å². The lowest BCUT2D eigenvalue weighted by Crippen LogP contribution is -2.37. The van der Waals surface area contributed by atoms with Gasteiger partial charge in [-0.3, -0.25) is 18.3 Å². The first-order valence-electron chi connectivity index (χ1n) is 8.36. The van der Waals surface area contributed by atoms with Crippen LogP contribution in [0, 0.1) is 0 Å². The van der Waals surface area contributed by atoms with Crippen LogP contribution in [0.3, 0.4) is 0 Å². The van der Waals surface area contributed by atoms with Gasteiger partial charge in [0.15, 0.2) is 11.2 Å². The summed E-state index contributed by atoms with van der Waals surface area (Å²) < 4.78 is 6.59. The fraction of sp³-hybridized carbons (Fsp3) is 0.588. The number of aromatic nitrogens is 5. The first-order valence-corrected chi connectivity index (χ1v) is 8.36. The van der Waals surface area contributed by atoms with Crippen LogP contribution in [0.1, 0.15) is 46.2 Å². The van der Waals surface area contributed by atoms with Crippen molar-refractivity contribution < 1.29 is 0 Å². The molecule has 0 saturated carbocycles. The summed E-state index contributed by atoms with van der Waals surface area (Å²) in [5, 5.41) is 0. The predicted octanol–water partition coefficient (Wildman–Crippen LogP) is 1.78. The maximum Gasteiger partial charge on any atom is 0.332 e. The summed E-state index contributed by atoms with van der Waals surface area (Å²) in [4.78, 5) is 29.4. The molecule has 0 aliphatic carbocycles. The summed E-state index contributed by atoms with van der Waals surface area (Å²) in [6.07, 6.45) is 4.11. The lowest BCUT2D eigenvalue weighted by atomic mass is 9.92. The fourth-order valence-corrected chi connectivity index (χ4v) is 3.15. The van der Waals surface area contributed by atoms with Gasteiger partial charge in [-0.05, 0) is 6.42 Å². The van der Waals surface area contributed by atoms with E-state index >= 15 is 0 Å². The molecule has 3 heterocycles. The highest BCUT2D eigenvalue weighted by Crippen LogP contribution is 2.27. The summed E-state index contributed by atoms with van der Waals surface area (Å²) in [6.45, 7) is 9.46. The molecule has 0 radical (unpaired) electrons. The molecule has 0 amide bonds. The maximum absolute atomic E-state index is 12.6. The average molecular weight is 331 g/mol. The Bertz CT molecular complexity index is 1040. The fourth-order valence-electron chi connectivity index (χ4n) is 3.15. The van der Waals surface area contributed by atoms with Crippen LogP contribution < -0.4 is 11.2 Å². The molecule has 3 aromatic rings. The Labute approximate surface area is 140 Å². The Morgan fingerprint density at radius 1 is 1.12 bits per heavy atom. The van der Waals surface area contributed by atoms with E-state index in [2.05, 4.69) is 37.2 Å². The summed E-state index contributed by atoms with van der Waals surface area (Å²) in [5.74, 6) is 0.724. The molecule has 0 bridgehead atoms. The lowest BCUT2D eigenvalue weighted by molar-refractivity contribution is 0.511. The van der Waals surface area contributed by atoms with E-state index in [-0.39, 0.29) is 16.7 Å². The van der Waals surface area contributed by atoms with Crippen molar-refractivity contribution in [3.63, 3.8) is 0 Å². The van der Waals surface area contributed by atoms with Crippen LogP contribution in [-0.2, 0) is 26.1 Å². The monoisotopic (exact) mass is 331 g/mol. The van der Waals surface area contributed by atoms with Gasteiger partial charge in [-0.1, -0.05) is 34.1 Å². The number of unbranched alkanes of at least 4 members (excludes halogenated alkanes) is 1. The van der Waals surface area contributed by atoms with Gasteiger partial charge in [0.2, 0.25) is 5.78 Å². The number of fused-ring (bicyclic) bond motifs is 3. The highest BCUT2D eigenvalue weighted by molar-refractivity contribution is 5.75. The minimum atomic E-state index is -0.357. The van der Waals surface area contributed by atoms with Crippen LogP contribution in [-0.4, -0.2) is 23.1 Å². The van der Waals surface area contributed by atoms with E-state index in [1.54, 1.807) is 7.05 Å². The van der Waals surface area contributed by atoms with Gasteiger partial charge >= 0.3 is 5.69 Å². The average Bonchev–Trinajstić information content (AvgIpc) is 3.04. The molecule has 0 fully saturated rings. The molecule has 3 rings (SSSR count). The van der Waals surface area contributed by atoms with Crippen molar-refractivity contribution in [2.75, 3.05) is 0 Å². The minimum Gasteiger partial charge on any atom is -0.313 e. The Kier molecular flexibility index (Phi) is 3.69. The molecule has 7 nitrogen and oxygen atoms in total. The molecular weight excluding hydrogens is 306 g/mol. The maximum atomic E-state index is 12.6. The van der Waals surface area contributed by atoms with Crippen molar-refractivity contribution in [1.29, 1.82) is 0 Å². The number of hydrogen-bond donors (Lipinski definition) is 0. The third-order valence-corrected chi connectivity index (χ3v) is 4.56. The zero-order valence-corrected chi connectivity index (χ0v) is 15.3. The first-order chi connectivity index (χ1) is 11.2. The zero-order valence-electron chi connectivity index (χ0n) is 15.3. The van der Waals surface area contributed by atoms with Crippen LogP contribution in [0.25, 0.3) is 16.9 Å². The molecule has 0 aliphatic heterocycles. The molecule has 0 aliphatic rings. The largest absolute Gasteiger partial charge is 0.332 e. The Balaban J connectivity index is 2.48. The van der Waals surface area contributed by atoms with Crippen LogP contribution in [0.4, 0.5) is 0 Å². The molecule has 24 heavy (non-hydrogen) atoms. The molecule has 0 spiro atoms. The molecule has 0 N–H and O–H groups in total. The second-order valence-corrected chi connectivity index (χ2v) is 7.43. The van der Waals surface area contributed by atoms with Crippen molar-refractivity contribution in [1.82, 2.24) is 23.1 Å². The van der Waals surface area contributed by atoms with E-state index in [0.717, 1.165) is 35.4 Å². The topological polar surface area (TPSA) is 66.2 Å². The van der Waals surface area contributed by atoms with E-state index in [4.69, 9.17) is 0 Å². The summed E-state index contributed by atoms with van der Waals surface area (Å²) in [6, 6.07) is 0. The van der Waals surface area contributed by atoms with E-state index in [0.29, 0.717) is 11.2 Å². The molecule has 0 atom stereocenters. The van der Waals surface area contributed by atoms with E-state index in [1.807, 2.05) is 10.6 Å². The standard InChI is InChI=1S/C17H25N5O2/c1-7-8-9-21-11(17(2,3)4)10-22-12-13(18-15(21)22)19(5)16(24)20(6)14(12)23/h10H,7-9H2,1-6H3. The zero-order chi connectivity index (χ0) is 17.8. The third-order valence-electron chi connectivity index (χ3n) is 4.56. The van der Waals surface area contributed by atoms with Gasteiger partial charge < -0.3 is 4.57 Å². The Morgan fingerprint density at radius 2 is 1.79 bits per heavy atom. The van der Waals surface area contributed by atoms with Gasteiger partial charge in [0.05, 0.1) is 0 Å². The molecule has 7 heteroatoms. The molecule has 0 aromatic carbocycles. The SMILES string of the molecule is CCCCn1c(C(C)(C)C)cn2c3c(=O)n(C)c(=O)n(C)c3nc12. The number of hydrogen-bond acceptors (Lipinski definition) is 3. The Hall–Kier alpha value is -2.31. The van der Waals surface area contributed by atoms with Crippen LogP contribution in [0.5, 0.6) is 0 Å². The lowest BCUT2D eigenvalue weighted by Gasteiger charge is -2.20. The predicted molar refractivity (Wildman–Crippen MR) is 94.8 cm³/mol. The number of imidazole rings is 2. The number of aryl methyl sites for hydroxylation is 2. The molecule has 0 saturated heterocycles. The van der Waals surface area contributed by atoms with Crippen molar-refractivity contribution >= 4 is 16.9 Å². The highest BCUT2D eigenvalue weighted by atomic mass is 16.2. The Morgan fingerprint density at radius 3 is 2.38 bits per heavy atom. The minimum absolute atomic E-state index is 0.0628. The van der Waals surface area contributed by atoms with Gasteiger partial charge in [-0.2, -0.15) is 4.98 Å². The normalized spacial score (nSPS) is 12.6. The van der Waals surface area contributed by atoms with Gasteiger partial charge in [-0.15, -0.1) is 0 Å². The molecule has 0 unspecified atom stereocenters. The van der Waals surface area contributed by atoms with E-state index in [9.17, 15) is 9.59 Å². The van der Waals surface area contributed by atoms with Crippen molar-refractivity contribution in [3.05, 3.63) is 32.7 Å². The first kappa shape index (κ1) is 16.5. The van der Waals surface area contributed by atoms with E-state index < -0.39 is 0 Å².